The summed E-state index contributed by atoms with van der Waals surface area (Å²) in [5.74, 6) is 0.870. The van der Waals surface area contributed by atoms with Crippen molar-refractivity contribution in [1.82, 2.24) is 19.6 Å². The van der Waals surface area contributed by atoms with Gasteiger partial charge in [0.1, 0.15) is 5.75 Å². The third-order valence-corrected chi connectivity index (χ3v) is 5.35. The first kappa shape index (κ1) is 22.6. The van der Waals surface area contributed by atoms with Crippen LogP contribution in [0.4, 0.5) is 5.82 Å². The molecule has 2 aromatic heterocycles. The van der Waals surface area contributed by atoms with Crippen molar-refractivity contribution < 1.29 is 9.53 Å². The quantitative estimate of drug-likeness (QED) is 0.400. The number of carbonyl (C=O) groups is 1. The summed E-state index contributed by atoms with van der Waals surface area (Å²) in [6, 6.07) is 18.9. The smallest absolute Gasteiger partial charge is 0.277 e. The third kappa shape index (κ3) is 6.02. The highest BCUT2D eigenvalue weighted by molar-refractivity contribution is 6.30. The van der Waals surface area contributed by atoms with Crippen LogP contribution in [0.2, 0.25) is 5.02 Å². The van der Waals surface area contributed by atoms with Gasteiger partial charge >= 0.3 is 0 Å². The lowest BCUT2D eigenvalue weighted by atomic mass is 9.87. The van der Waals surface area contributed by atoms with E-state index < -0.39 is 0 Å². The molecule has 0 aliphatic carbocycles. The van der Waals surface area contributed by atoms with Gasteiger partial charge in [-0.15, -0.1) is 0 Å². The Labute approximate surface area is 197 Å². The molecule has 1 N–H and O–H groups in total. The number of nitrogens with one attached hydrogen (secondary N) is 1. The van der Waals surface area contributed by atoms with Gasteiger partial charge in [-0.1, -0.05) is 56.6 Å². The fourth-order valence-corrected chi connectivity index (χ4v) is 3.35. The number of carbonyl (C=O) groups excluding carboxylic acids is 1. The molecule has 4 aromatic rings. The van der Waals surface area contributed by atoms with Crippen molar-refractivity contribution in [2.24, 2.45) is 0 Å². The molecule has 1 amide bonds. The largest absolute Gasteiger partial charge is 0.471 e. The summed E-state index contributed by atoms with van der Waals surface area (Å²) < 4.78 is 9.10. The summed E-state index contributed by atoms with van der Waals surface area (Å²) >= 11 is 5.92. The maximum atomic E-state index is 12.5. The molecule has 0 atom stereocenters. The van der Waals surface area contributed by atoms with Crippen molar-refractivity contribution in [1.29, 1.82) is 0 Å². The summed E-state index contributed by atoms with van der Waals surface area (Å²) in [7, 11) is 0. The lowest BCUT2D eigenvalue weighted by molar-refractivity contribution is 0.101. The molecule has 2 heterocycles. The number of aromatic nitrogens is 4. The van der Waals surface area contributed by atoms with E-state index in [1.165, 1.54) is 5.56 Å². The first-order valence-corrected chi connectivity index (χ1v) is 11.0. The van der Waals surface area contributed by atoms with Gasteiger partial charge in [0.2, 0.25) is 0 Å². The average molecular weight is 464 g/mol. The zero-order valence-corrected chi connectivity index (χ0v) is 19.6. The minimum atomic E-state index is -0.333. The van der Waals surface area contributed by atoms with Gasteiger partial charge in [-0.3, -0.25) is 9.48 Å². The zero-order valence-electron chi connectivity index (χ0n) is 18.8. The van der Waals surface area contributed by atoms with Crippen LogP contribution in [0.15, 0.2) is 73.1 Å². The van der Waals surface area contributed by atoms with Crippen LogP contribution in [0, 0.1) is 0 Å². The number of nitrogens with zero attached hydrogens (tertiary/aromatic N) is 4. The average Bonchev–Trinajstić information content (AvgIpc) is 3.43. The Morgan fingerprint density at radius 2 is 1.64 bits per heavy atom. The first-order valence-electron chi connectivity index (χ1n) is 10.6. The van der Waals surface area contributed by atoms with Crippen LogP contribution in [-0.2, 0) is 18.7 Å². The Morgan fingerprint density at radius 3 is 2.33 bits per heavy atom. The summed E-state index contributed by atoms with van der Waals surface area (Å²) in [6.07, 6.45) is 3.51. The fourth-order valence-electron chi connectivity index (χ4n) is 3.22. The molecule has 4 rings (SSSR count). The molecule has 170 valence electrons. The SMILES string of the molecule is CC(C)(C)c1ccc(OCn2ccc(C(=O)Nc3ccn(Cc4ccc(Cl)cc4)n3)n2)cc1. The van der Waals surface area contributed by atoms with Crippen LogP contribution in [0.25, 0.3) is 0 Å². The number of benzene rings is 2. The second-order valence-electron chi connectivity index (χ2n) is 8.77. The predicted octanol–water partition coefficient (Wildman–Crippen LogP) is 5.37. The zero-order chi connectivity index (χ0) is 23.4. The van der Waals surface area contributed by atoms with Gasteiger partial charge in [-0.05, 0) is 46.9 Å². The normalized spacial score (nSPS) is 11.4. The second-order valence-corrected chi connectivity index (χ2v) is 9.20. The molecule has 0 unspecified atom stereocenters. The molecule has 0 spiro atoms. The molecule has 0 radical (unpaired) electrons. The monoisotopic (exact) mass is 463 g/mol. The minimum absolute atomic E-state index is 0.0917. The lowest BCUT2D eigenvalue weighted by Gasteiger charge is -2.19. The molecule has 0 saturated heterocycles. The first-order chi connectivity index (χ1) is 15.8. The maximum absolute atomic E-state index is 12.5. The standard InChI is InChI=1S/C25H26ClN5O2/c1-25(2,3)19-6-10-21(11-7-19)33-17-31-14-12-22(28-31)24(32)27-23-13-15-30(29-23)16-18-4-8-20(26)9-5-18/h4-15H,16-17H2,1-3H3,(H,27,29,32). The summed E-state index contributed by atoms with van der Waals surface area (Å²) in [6.45, 7) is 7.30. The number of hydrogen-bond donors (Lipinski definition) is 1. The van der Waals surface area contributed by atoms with Crippen molar-refractivity contribution >= 4 is 23.3 Å². The molecule has 2 aromatic carbocycles. The molecule has 0 bridgehead atoms. The molecule has 0 aliphatic rings. The molecule has 7 nitrogen and oxygen atoms in total. The van der Waals surface area contributed by atoms with E-state index in [0.717, 1.165) is 11.3 Å². The van der Waals surface area contributed by atoms with Crippen LogP contribution in [0.5, 0.6) is 5.75 Å². The minimum Gasteiger partial charge on any atom is -0.471 e. The highest BCUT2D eigenvalue weighted by Crippen LogP contribution is 2.24. The number of ether oxygens (including phenoxy) is 1. The highest BCUT2D eigenvalue weighted by atomic mass is 35.5. The van der Waals surface area contributed by atoms with Crippen molar-refractivity contribution in [3.05, 3.63) is 94.9 Å². The highest BCUT2D eigenvalue weighted by Gasteiger charge is 2.14. The van der Waals surface area contributed by atoms with Crippen LogP contribution in [0.3, 0.4) is 0 Å². The van der Waals surface area contributed by atoms with E-state index in [2.05, 4.69) is 48.4 Å². The fraction of sp³-hybridized carbons (Fsp3) is 0.240. The van der Waals surface area contributed by atoms with E-state index in [1.807, 2.05) is 42.6 Å². The number of hydrogen-bond acceptors (Lipinski definition) is 4. The Balaban J connectivity index is 1.31. The number of rotatable bonds is 7. The molecule has 0 saturated carbocycles. The van der Waals surface area contributed by atoms with E-state index in [0.29, 0.717) is 17.4 Å². The number of halogens is 1. The Bertz CT molecular complexity index is 1220. The van der Waals surface area contributed by atoms with Gasteiger partial charge in [-0.25, -0.2) is 4.68 Å². The van der Waals surface area contributed by atoms with Crippen LogP contribution in [-0.4, -0.2) is 25.5 Å². The van der Waals surface area contributed by atoms with Gasteiger partial charge in [0.15, 0.2) is 18.2 Å². The molecule has 33 heavy (non-hydrogen) atoms. The van der Waals surface area contributed by atoms with Crippen LogP contribution in [0.1, 0.15) is 42.4 Å². The van der Waals surface area contributed by atoms with E-state index in [-0.39, 0.29) is 23.7 Å². The van der Waals surface area contributed by atoms with E-state index >= 15 is 0 Å². The number of anilines is 1. The molecule has 0 aliphatic heterocycles. The molecular weight excluding hydrogens is 438 g/mol. The van der Waals surface area contributed by atoms with Crippen molar-refractivity contribution in [2.75, 3.05) is 5.32 Å². The predicted molar refractivity (Wildman–Crippen MR) is 129 cm³/mol. The van der Waals surface area contributed by atoms with E-state index in [4.69, 9.17) is 16.3 Å². The van der Waals surface area contributed by atoms with Crippen LogP contribution < -0.4 is 10.1 Å². The number of amides is 1. The summed E-state index contributed by atoms with van der Waals surface area (Å²) in [5, 5.41) is 12.1. The summed E-state index contributed by atoms with van der Waals surface area (Å²) in [5.41, 5.74) is 2.68. The second kappa shape index (κ2) is 9.50. The topological polar surface area (TPSA) is 74.0 Å². The van der Waals surface area contributed by atoms with Gasteiger partial charge in [0, 0.05) is 23.5 Å². The van der Waals surface area contributed by atoms with E-state index in [9.17, 15) is 4.79 Å². The van der Waals surface area contributed by atoms with Gasteiger partial charge in [0.25, 0.3) is 5.91 Å². The lowest BCUT2D eigenvalue weighted by Crippen LogP contribution is -2.15. The van der Waals surface area contributed by atoms with Crippen molar-refractivity contribution in [2.45, 2.75) is 39.5 Å². The van der Waals surface area contributed by atoms with Crippen LogP contribution >= 0.6 is 11.6 Å². The van der Waals surface area contributed by atoms with Gasteiger partial charge in [-0.2, -0.15) is 10.2 Å². The summed E-state index contributed by atoms with van der Waals surface area (Å²) in [4.78, 5) is 12.5. The van der Waals surface area contributed by atoms with Gasteiger partial charge < -0.3 is 10.1 Å². The molecule has 8 heteroatoms. The Hall–Kier alpha value is -3.58. The Kier molecular flexibility index (Phi) is 6.51. The van der Waals surface area contributed by atoms with Crippen molar-refractivity contribution in [3.63, 3.8) is 0 Å². The third-order valence-electron chi connectivity index (χ3n) is 5.10. The Morgan fingerprint density at radius 1 is 0.939 bits per heavy atom. The maximum Gasteiger partial charge on any atom is 0.277 e. The molecular formula is C25H26ClN5O2. The molecule has 0 fully saturated rings. The van der Waals surface area contributed by atoms with E-state index in [1.54, 1.807) is 27.7 Å². The van der Waals surface area contributed by atoms with Gasteiger partial charge in [0.05, 0.1) is 6.54 Å². The van der Waals surface area contributed by atoms with Crippen molar-refractivity contribution in [3.8, 4) is 5.75 Å².